The van der Waals surface area contributed by atoms with Gasteiger partial charge in [0.1, 0.15) is 0 Å². The summed E-state index contributed by atoms with van der Waals surface area (Å²) in [5, 5.41) is 15.4. The Morgan fingerprint density at radius 2 is 2.26 bits per heavy atom. The standard InChI is InChI=1S/C13H23N3O3/c1-3-5-11-15-13(19-16-11)8-7-12(18)14-10(2)6-4-9-17/h10,17H,3-9H2,1-2H3,(H,14,18). The molecule has 1 unspecified atom stereocenters. The lowest BCUT2D eigenvalue weighted by molar-refractivity contribution is -0.121. The molecule has 1 heterocycles. The van der Waals surface area contributed by atoms with Crippen molar-refractivity contribution in [3.8, 4) is 0 Å². The van der Waals surface area contributed by atoms with Crippen molar-refractivity contribution in [3.05, 3.63) is 11.7 Å². The molecule has 0 fully saturated rings. The van der Waals surface area contributed by atoms with Gasteiger partial charge in [0, 0.05) is 31.9 Å². The number of hydrogen-bond acceptors (Lipinski definition) is 5. The summed E-state index contributed by atoms with van der Waals surface area (Å²) in [4.78, 5) is 15.9. The summed E-state index contributed by atoms with van der Waals surface area (Å²) in [6.45, 7) is 4.14. The summed E-state index contributed by atoms with van der Waals surface area (Å²) >= 11 is 0. The van der Waals surface area contributed by atoms with Crippen LogP contribution in [0.5, 0.6) is 0 Å². The fraction of sp³-hybridized carbons (Fsp3) is 0.769. The molecule has 0 spiro atoms. The molecule has 1 aromatic heterocycles. The molecule has 19 heavy (non-hydrogen) atoms. The molecule has 0 aliphatic heterocycles. The minimum Gasteiger partial charge on any atom is -0.396 e. The van der Waals surface area contributed by atoms with E-state index >= 15 is 0 Å². The zero-order valence-corrected chi connectivity index (χ0v) is 11.7. The van der Waals surface area contributed by atoms with Crippen molar-refractivity contribution >= 4 is 5.91 Å². The third-order valence-electron chi connectivity index (χ3n) is 2.75. The van der Waals surface area contributed by atoms with E-state index in [0.717, 1.165) is 19.3 Å². The Kier molecular flexibility index (Phi) is 7.10. The highest BCUT2D eigenvalue weighted by molar-refractivity contribution is 5.76. The number of carbonyl (C=O) groups is 1. The molecular formula is C13H23N3O3. The smallest absolute Gasteiger partial charge is 0.227 e. The van der Waals surface area contributed by atoms with Crippen molar-refractivity contribution < 1.29 is 14.4 Å². The Balaban J connectivity index is 2.25. The molecule has 6 heteroatoms. The van der Waals surface area contributed by atoms with E-state index in [4.69, 9.17) is 9.63 Å². The third kappa shape index (κ3) is 6.33. The molecule has 1 rings (SSSR count). The molecule has 1 aromatic rings. The van der Waals surface area contributed by atoms with E-state index in [-0.39, 0.29) is 18.6 Å². The second kappa shape index (κ2) is 8.63. The zero-order chi connectivity index (χ0) is 14.1. The third-order valence-corrected chi connectivity index (χ3v) is 2.75. The molecule has 0 aliphatic carbocycles. The van der Waals surface area contributed by atoms with Gasteiger partial charge in [-0.05, 0) is 26.2 Å². The number of aromatic nitrogens is 2. The van der Waals surface area contributed by atoms with Crippen molar-refractivity contribution in [2.75, 3.05) is 6.61 Å². The minimum absolute atomic E-state index is 0.0271. The molecule has 1 atom stereocenters. The highest BCUT2D eigenvalue weighted by Gasteiger charge is 2.10. The first-order valence-electron chi connectivity index (χ1n) is 6.87. The maximum atomic E-state index is 11.7. The number of nitrogens with one attached hydrogen (secondary N) is 1. The van der Waals surface area contributed by atoms with Crippen LogP contribution in [-0.4, -0.2) is 33.8 Å². The maximum absolute atomic E-state index is 11.7. The van der Waals surface area contributed by atoms with Gasteiger partial charge in [-0.15, -0.1) is 0 Å². The highest BCUT2D eigenvalue weighted by Crippen LogP contribution is 2.03. The van der Waals surface area contributed by atoms with Gasteiger partial charge in [0.25, 0.3) is 0 Å². The van der Waals surface area contributed by atoms with Crippen molar-refractivity contribution in [1.82, 2.24) is 15.5 Å². The van der Waals surface area contributed by atoms with E-state index < -0.39 is 0 Å². The Morgan fingerprint density at radius 3 is 2.95 bits per heavy atom. The topological polar surface area (TPSA) is 88.2 Å². The van der Waals surface area contributed by atoms with E-state index in [1.807, 2.05) is 6.92 Å². The highest BCUT2D eigenvalue weighted by atomic mass is 16.5. The van der Waals surface area contributed by atoms with Gasteiger partial charge in [0.15, 0.2) is 5.82 Å². The second-order valence-corrected chi connectivity index (χ2v) is 4.69. The molecule has 108 valence electrons. The fourth-order valence-electron chi connectivity index (χ4n) is 1.75. The molecule has 0 aliphatic rings. The van der Waals surface area contributed by atoms with Gasteiger partial charge in [-0.25, -0.2) is 0 Å². The summed E-state index contributed by atoms with van der Waals surface area (Å²) in [5.41, 5.74) is 0. The summed E-state index contributed by atoms with van der Waals surface area (Å²) in [6.07, 6.45) is 4.07. The molecule has 0 bridgehead atoms. The van der Waals surface area contributed by atoms with E-state index in [1.54, 1.807) is 0 Å². The number of aliphatic hydroxyl groups excluding tert-OH is 1. The molecule has 0 radical (unpaired) electrons. The van der Waals surface area contributed by atoms with Crippen LogP contribution in [-0.2, 0) is 17.6 Å². The van der Waals surface area contributed by atoms with E-state index in [9.17, 15) is 4.79 Å². The summed E-state index contributed by atoms with van der Waals surface area (Å²) < 4.78 is 5.06. The second-order valence-electron chi connectivity index (χ2n) is 4.69. The van der Waals surface area contributed by atoms with E-state index in [0.29, 0.717) is 31.0 Å². The zero-order valence-electron chi connectivity index (χ0n) is 11.7. The van der Waals surface area contributed by atoms with Crippen molar-refractivity contribution in [2.45, 2.75) is 58.4 Å². The molecule has 1 amide bonds. The van der Waals surface area contributed by atoms with Crippen LogP contribution >= 0.6 is 0 Å². The van der Waals surface area contributed by atoms with Crippen LogP contribution in [0.25, 0.3) is 0 Å². The Labute approximate surface area is 113 Å². The van der Waals surface area contributed by atoms with Crippen LogP contribution < -0.4 is 5.32 Å². The normalized spacial score (nSPS) is 12.4. The van der Waals surface area contributed by atoms with Gasteiger partial charge in [0.2, 0.25) is 11.8 Å². The SMILES string of the molecule is CCCc1noc(CCC(=O)NC(C)CCCO)n1. The number of aryl methyl sites for hydroxylation is 2. The first kappa shape index (κ1) is 15.6. The Morgan fingerprint density at radius 1 is 1.47 bits per heavy atom. The lowest BCUT2D eigenvalue weighted by atomic mass is 10.2. The number of amides is 1. The van der Waals surface area contributed by atoms with Crippen LogP contribution in [0, 0.1) is 0 Å². The lowest BCUT2D eigenvalue weighted by Gasteiger charge is -2.12. The van der Waals surface area contributed by atoms with Crippen LogP contribution in [0.1, 0.15) is 51.2 Å². The van der Waals surface area contributed by atoms with Crippen LogP contribution in [0.2, 0.25) is 0 Å². The Hall–Kier alpha value is -1.43. The van der Waals surface area contributed by atoms with Crippen LogP contribution in [0.15, 0.2) is 4.52 Å². The van der Waals surface area contributed by atoms with Gasteiger partial charge in [-0.3, -0.25) is 4.79 Å². The first-order valence-corrected chi connectivity index (χ1v) is 6.87. The molecular weight excluding hydrogens is 246 g/mol. The van der Waals surface area contributed by atoms with E-state index in [2.05, 4.69) is 22.4 Å². The van der Waals surface area contributed by atoms with Crippen LogP contribution in [0.4, 0.5) is 0 Å². The molecule has 0 aromatic carbocycles. The molecule has 6 nitrogen and oxygen atoms in total. The predicted octanol–water partition coefficient (Wildman–Crippen LogP) is 1.23. The first-order chi connectivity index (χ1) is 9.15. The fourth-order valence-corrected chi connectivity index (χ4v) is 1.75. The summed E-state index contributed by atoms with van der Waals surface area (Å²) in [5.74, 6) is 1.19. The van der Waals surface area contributed by atoms with Gasteiger partial charge in [0.05, 0.1) is 0 Å². The van der Waals surface area contributed by atoms with Gasteiger partial charge in [-0.1, -0.05) is 12.1 Å². The molecule has 0 saturated carbocycles. The monoisotopic (exact) mass is 269 g/mol. The molecule has 0 saturated heterocycles. The number of carbonyl (C=O) groups excluding carboxylic acids is 1. The maximum Gasteiger partial charge on any atom is 0.227 e. The van der Waals surface area contributed by atoms with Gasteiger partial charge >= 0.3 is 0 Å². The Bertz CT molecular complexity index is 379. The van der Waals surface area contributed by atoms with Crippen molar-refractivity contribution in [1.29, 1.82) is 0 Å². The predicted molar refractivity (Wildman–Crippen MR) is 70.5 cm³/mol. The number of hydrogen-bond donors (Lipinski definition) is 2. The van der Waals surface area contributed by atoms with Crippen molar-refractivity contribution in [2.24, 2.45) is 0 Å². The number of rotatable bonds is 9. The van der Waals surface area contributed by atoms with Crippen molar-refractivity contribution in [3.63, 3.8) is 0 Å². The lowest BCUT2D eigenvalue weighted by Crippen LogP contribution is -2.32. The minimum atomic E-state index is -0.0271. The average molecular weight is 269 g/mol. The average Bonchev–Trinajstić information content (AvgIpc) is 2.82. The largest absolute Gasteiger partial charge is 0.396 e. The number of nitrogens with zero attached hydrogens (tertiary/aromatic N) is 2. The van der Waals surface area contributed by atoms with E-state index in [1.165, 1.54) is 0 Å². The summed E-state index contributed by atoms with van der Waals surface area (Å²) in [6, 6.07) is 0.0815. The number of aliphatic hydroxyl groups is 1. The van der Waals surface area contributed by atoms with Crippen LogP contribution in [0.3, 0.4) is 0 Å². The summed E-state index contributed by atoms with van der Waals surface area (Å²) in [7, 11) is 0. The quantitative estimate of drug-likeness (QED) is 0.704. The molecule has 2 N–H and O–H groups in total. The van der Waals surface area contributed by atoms with Gasteiger partial charge < -0.3 is 14.9 Å². The van der Waals surface area contributed by atoms with Gasteiger partial charge in [-0.2, -0.15) is 4.98 Å².